The topological polar surface area (TPSA) is 93.1 Å². The Labute approximate surface area is 219 Å². The number of nitrogens with zero attached hydrogens (tertiary/aromatic N) is 4. The molecule has 0 amide bonds. The molecule has 39 heavy (non-hydrogen) atoms. The highest BCUT2D eigenvalue weighted by atomic mass is 32.2. The van der Waals surface area contributed by atoms with Crippen LogP contribution < -0.4 is 0 Å². The SMILES string of the molecule is O=C(CCc1cc(-c2cnc(C(F)(F)F)nc2)ncc1F)[C@@H]1C2C[C@@H](C[C@@H]2F)N1S(=O)(=O)c1ccc(F)cc1. The lowest BCUT2D eigenvalue weighted by atomic mass is 9.92. The molecule has 5 rings (SSSR count). The number of benzene rings is 1. The summed E-state index contributed by atoms with van der Waals surface area (Å²) in [6, 6.07) is 3.29. The second-order valence-corrected chi connectivity index (χ2v) is 11.3. The number of pyridine rings is 1. The number of fused-ring (bicyclic) bond motifs is 2. The summed E-state index contributed by atoms with van der Waals surface area (Å²) in [6.07, 6.45) is -3.94. The van der Waals surface area contributed by atoms with Crippen molar-refractivity contribution in [2.45, 2.75) is 55.0 Å². The number of sulfonamides is 1. The van der Waals surface area contributed by atoms with E-state index in [4.69, 9.17) is 0 Å². The van der Waals surface area contributed by atoms with Crippen molar-refractivity contribution in [3.05, 3.63) is 71.9 Å². The zero-order valence-electron chi connectivity index (χ0n) is 19.9. The van der Waals surface area contributed by atoms with Gasteiger partial charge in [-0.05, 0) is 55.2 Å². The summed E-state index contributed by atoms with van der Waals surface area (Å²) < 4.78 is 108. The van der Waals surface area contributed by atoms with Gasteiger partial charge in [0.25, 0.3) is 0 Å². The van der Waals surface area contributed by atoms with E-state index >= 15 is 0 Å². The smallest absolute Gasteiger partial charge is 0.298 e. The average molecular weight is 571 g/mol. The molecule has 2 aromatic heterocycles. The van der Waals surface area contributed by atoms with Crippen LogP contribution in [0.1, 0.15) is 30.7 Å². The van der Waals surface area contributed by atoms with Crippen LogP contribution >= 0.6 is 0 Å². The second-order valence-electron chi connectivity index (χ2n) is 9.46. The van der Waals surface area contributed by atoms with Gasteiger partial charge in [0.2, 0.25) is 15.8 Å². The number of alkyl halides is 4. The Morgan fingerprint density at radius 2 is 1.67 bits per heavy atom. The van der Waals surface area contributed by atoms with Crippen LogP contribution in [0, 0.1) is 17.6 Å². The molecule has 3 heterocycles. The summed E-state index contributed by atoms with van der Waals surface area (Å²) >= 11 is 0. The van der Waals surface area contributed by atoms with Gasteiger partial charge in [-0.15, -0.1) is 0 Å². The summed E-state index contributed by atoms with van der Waals surface area (Å²) in [6.45, 7) is 0. The second kappa shape index (κ2) is 9.97. The molecule has 1 saturated heterocycles. The van der Waals surface area contributed by atoms with Gasteiger partial charge in [-0.2, -0.15) is 17.5 Å². The first kappa shape index (κ1) is 27.2. The summed E-state index contributed by atoms with van der Waals surface area (Å²) in [5, 5.41) is 0. The number of ketones is 1. The van der Waals surface area contributed by atoms with E-state index in [-0.39, 0.29) is 47.4 Å². The summed E-state index contributed by atoms with van der Waals surface area (Å²) in [5.41, 5.74) is 0.151. The van der Waals surface area contributed by atoms with Gasteiger partial charge in [-0.3, -0.25) is 9.78 Å². The van der Waals surface area contributed by atoms with Gasteiger partial charge >= 0.3 is 6.18 Å². The largest absolute Gasteiger partial charge is 0.451 e. The first-order valence-corrected chi connectivity index (χ1v) is 13.3. The maximum Gasteiger partial charge on any atom is 0.451 e. The van der Waals surface area contributed by atoms with Crippen LogP contribution in [0.15, 0.2) is 53.8 Å². The van der Waals surface area contributed by atoms with Crippen LogP contribution in [-0.4, -0.2) is 51.7 Å². The highest BCUT2D eigenvalue weighted by Gasteiger charge is 2.58. The first-order chi connectivity index (χ1) is 18.4. The van der Waals surface area contributed by atoms with Gasteiger partial charge in [0.1, 0.15) is 17.8 Å². The molecule has 1 saturated carbocycles. The number of aromatic nitrogens is 3. The quantitative estimate of drug-likeness (QED) is 0.388. The predicted octanol–water partition coefficient (Wildman–Crippen LogP) is 4.53. The number of Topliss-reactive ketones (excluding diaryl/α,β-unsaturated/α-hetero) is 1. The third-order valence-electron chi connectivity index (χ3n) is 7.04. The number of rotatable bonds is 7. The van der Waals surface area contributed by atoms with E-state index in [1.807, 2.05) is 0 Å². The van der Waals surface area contributed by atoms with E-state index in [9.17, 15) is 39.6 Å². The van der Waals surface area contributed by atoms with Gasteiger partial charge in [0, 0.05) is 36.3 Å². The molecule has 7 nitrogen and oxygen atoms in total. The van der Waals surface area contributed by atoms with Crippen molar-refractivity contribution in [1.82, 2.24) is 19.3 Å². The number of halogens is 6. The molecule has 1 aliphatic carbocycles. The number of piperidine rings is 1. The van der Waals surface area contributed by atoms with E-state index in [2.05, 4.69) is 15.0 Å². The van der Waals surface area contributed by atoms with Gasteiger partial charge < -0.3 is 0 Å². The van der Waals surface area contributed by atoms with Gasteiger partial charge in [-0.1, -0.05) is 0 Å². The van der Waals surface area contributed by atoms with Crippen LogP contribution in [0.3, 0.4) is 0 Å². The third kappa shape index (κ3) is 5.14. The monoisotopic (exact) mass is 570 g/mol. The van der Waals surface area contributed by atoms with Gasteiger partial charge in [0.15, 0.2) is 5.78 Å². The molecule has 4 atom stereocenters. The minimum absolute atomic E-state index is 0.00106. The zero-order chi connectivity index (χ0) is 28.1. The lowest BCUT2D eigenvalue weighted by Crippen LogP contribution is -2.51. The molecule has 0 spiro atoms. The highest BCUT2D eigenvalue weighted by Crippen LogP contribution is 2.47. The van der Waals surface area contributed by atoms with Gasteiger partial charge in [0.05, 0.1) is 22.8 Å². The molecule has 2 aliphatic rings. The molecule has 2 fully saturated rings. The van der Waals surface area contributed by atoms with E-state index in [1.165, 1.54) is 6.07 Å². The molecule has 0 radical (unpaired) electrons. The third-order valence-corrected chi connectivity index (χ3v) is 8.99. The fourth-order valence-electron chi connectivity index (χ4n) is 5.24. The fraction of sp³-hybridized carbons (Fsp3) is 0.360. The number of carbonyl (C=O) groups excluding carboxylic acids is 1. The lowest BCUT2D eigenvalue weighted by Gasteiger charge is -2.34. The van der Waals surface area contributed by atoms with Crippen molar-refractivity contribution < 1.29 is 39.6 Å². The minimum atomic E-state index is -4.74. The van der Waals surface area contributed by atoms with Crippen LogP contribution in [0.25, 0.3) is 11.3 Å². The highest BCUT2D eigenvalue weighted by molar-refractivity contribution is 7.89. The molecular formula is C25H20F6N4O3S. The number of aryl methyl sites for hydroxylation is 1. The summed E-state index contributed by atoms with van der Waals surface area (Å²) in [7, 11) is -4.25. The Morgan fingerprint density at radius 1 is 1.00 bits per heavy atom. The molecule has 2 bridgehead atoms. The van der Waals surface area contributed by atoms with Crippen molar-refractivity contribution in [1.29, 1.82) is 0 Å². The Morgan fingerprint density at radius 3 is 2.31 bits per heavy atom. The lowest BCUT2D eigenvalue weighted by molar-refractivity contribution is -0.145. The number of hydrogen-bond acceptors (Lipinski definition) is 6. The Kier molecular flexibility index (Phi) is 6.95. The van der Waals surface area contributed by atoms with E-state index in [0.717, 1.165) is 47.2 Å². The van der Waals surface area contributed by atoms with Crippen molar-refractivity contribution in [2.24, 2.45) is 5.92 Å². The minimum Gasteiger partial charge on any atom is -0.298 e. The molecule has 14 heteroatoms. The van der Waals surface area contributed by atoms with Crippen LogP contribution in [0.4, 0.5) is 26.3 Å². The Bertz CT molecular complexity index is 1500. The fourth-order valence-corrected chi connectivity index (χ4v) is 7.10. The summed E-state index contributed by atoms with van der Waals surface area (Å²) in [4.78, 5) is 23.4. The Balaban J connectivity index is 1.36. The van der Waals surface area contributed by atoms with E-state index < -0.39 is 63.6 Å². The molecule has 3 aromatic rings. The standard InChI is InChI=1S/C25H20F6N4O3S/c26-15-2-4-17(5-3-15)39(37,38)35-16-8-18(19(27)9-16)23(35)22(36)6-1-13-7-21(32-12-20(13)28)14-10-33-24(34-11-14)25(29,30)31/h2-5,7,10-12,16,18-19,23H,1,6,8-9H2/t16-,18?,19-,23-/m0/s1. The maximum atomic E-state index is 14.6. The maximum absolute atomic E-state index is 14.6. The van der Waals surface area contributed by atoms with Crippen molar-refractivity contribution >= 4 is 15.8 Å². The average Bonchev–Trinajstić information content (AvgIpc) is 3.45. The van der Waals surface area contributed by atoms with Gasteiger partial charge in [-0.25, -0.2) is 31.6 Å². The first-order valence-electron chi connectivity index (χ1n) is 11.9. The van der Waals surface area contributed by atoms with Crippen molar-refractivity contribution in [3.8, 4) is 11.3 Å². The Hall–Kier alpha value is -3.39. The van der Waals surface area contributed by atoms with E-state index in [1.54, 1.807) is 0 Å². The molecule has 1 aromatic carbocycles. The van der Waals surface area contributed by atoms with E-state index in [0.29, 0.717) is 0 Å². The van der Waals surface area contributed by atoms with Crippen molar-refractivity contribution in [3.63, 3.8) is 0 Å². The molecule has 206 valence electrons. The summed E-state index contributed by atoms with van der Waals surface area (Å²) in [5.74, 6) is -4.25. The number of hydrogen-bond donors (Lipinski definition) is 0. The van der Waals surface area contributed by atoms with Crippen molar-refractivity contribution in [2.75, 3.05) is 0 Å². The normalized spacial score (nSPS) is 23.3. The van der Waals surface area contributed by atoms with Crippen LogP contribution in [-0.2, 0) is 27.4 Å². The predicted molar refractivity (Wildman–Crippen MR) is 124 cm³/mol. The van der Waals surface area contributed by atoms with Crippen LogP contribution in [0.5, 0.6) is 0 Å². The molecule has 1 unspecified atom stereocenters. The number of carbonyl (C=O) groups is 1. The molecular weight excluding hydrogens is 550 g/mol. The molecule has 0 N–H and O–H groups in total. The molecule has 1 aliphatic heterocycles. The van der Waals surface area contributed by atoms with Crippen LogP contribution in [0.2, 0.25) is 0 Å². The zero-order valence-corrected chi connectivity index (χ0v) is 20.8.